The van der Waals surface area contributed by atoms with Gasteiger partial charge in [-0.25, -0.2) is 0 Å². The zero-order chi connectivity index (χ0) is 8.41. The van der Waals surface area contributed by atoms with E-state index >= 15 is 0 Å². The van der Waals surface area contributed by atoms with Crippen molar-refractivity contribution < 1.29 is 0 Å². The summed E-state index contributed by atoms with van der Waals surface area (Å²) in [6, 6.07) is 0. The van der Waals surface area contributed by atoms with Gasteiger partial charge in [0.25, 0.3) is 0 Å². The molecule has 0 saturated heterocycles. The van der Waals surface area contributed by atoms with Crippen LogP contribution in [-0.4, -0.2) is 25.5 Å². The van der Waals surface area contributed by atoms with E-state index in [-0.39, 0.29) is 0 Å². The molecule has 0 rings (SSSR count). The van der Waals surface area contributed by atoms with Crippen LogP contribution in [0.3, 0.4) is 0 Å². The molecule has 0 aromatic carbocycles. The first-order chi connectivity index (χ1) is 4.68. The van der Waals surface area contributed by atoms with E-state index in [1.165, 1.54) is 25.8 Å². The van der Waals surface area contributed by atoms with Crippen molar-refractivity contribution in [3.05, 3.63) is 0 Å². The first-order valence-corrected chi connectivity index (χ1v) is 4.33. The molecule has 0 N–H and O–H groups in total. The fraction of sp³-hybridized carbons (Fsp3) is 1.00. The predicted molar refractivity (Wildman–Crippen MR) is 49.4 cm³/mol. The zero-order valence-electron chi connectivity index (χ0n) is 8.28. The monoisotopic (exact) mass is 145 g/mol. The van der Waals surface area contributed by atoms with Crippen molar-refractivity contribution >= 4 is 0 Å². The second-order valence-corrected chi connectivity index (χ2v) is 2.80. The second kappa shape index (κ2) is 11.7. The number of hydrogen-bond donors (Lipinski definition) is 0. The summed E-state index contributed by atoms with van der Waals surface area (Å²) in [6.07, 6.45) is 3.90. The van der Waals surface area contributed by atoms with Crippen molar-refractivity contribution in [2.75, 3.05) is 20.6 Å². The number of nitrogens with zero attached hydrogens (tertiary/aromatic N) is 1. The molecule has 1 heteroatoms. The average molecular weight is 145 g/mol. The van der Waals surface area contributed by atoms with Gasteiger partial charge in [-0.2, -0.15) is 0 Å². The molecular weight excluding hydrogens is 122 g/mol. The molecule has 0 spiro atoms. The van der Waals surface area contributed by atoms with Crippen molar-refractivity contribution in [1.29, 1.82) is 0 Å². The molecule has 0 heterocycles. The van der Waals surface area contributed by atoms with Gasteiger partial charge in [0.05, 0.1) is 0 Å². The van der Waals surface area contributed by atoms with Gasteiger partial charge in [-0.3, -0.25) is 0 Å². The van der Waals surface area contributed by atoms with Crippen LogP contribution in [0, 0.1) is 0 Å². The summed E-state index contributed by atoms with van der Waals surface area (Å²) in [5.41, 5.74) is 0. The molecule has 0 aliphatic carbocycles. The van der Waals surface area contributed by atoms with Crippen LogP contribution in [0.15, 0.2) is 0 Å². The molecule has 0 aliphatic rings. The Morgan fingerprint density at radius 2 is 1.20 bits per heavy atom. The van der Waals surface area contributed by atoms with Gasteiger partial charge in [-0.1, -0.05) is 33.6 Å². The highest BCUT2D eigenvalue weighted by Crippen LogP contribution is 1.77. The molecular formula is C9H23N. The number of rotatable bonds is 3. The molecule has 0 amide bonds. The van der Waals surface area contributed by atoms with Crippen molar-refractivity contribution in [3.8, 4) is 0 Å². The molecule has 0 unspecified atom stereocenters. The van der Waals surface area contributed by atoms with Gasteiger partial charge in [-0.05, 0) is 27.1 Å². The SMILES string of the molecule is CCCC.CCCN(C)C. The maximum atomic E-state index is 2.18. The van der Waals surface area contributed by atoms with Crippen molar-refractivity contribution in [2.24, 2.45) is 0 Å². The highest BCUT2D eigenvalue weighted by Gasteiger charge is 1.79. The van der Waals surface area contributed by atoms with E-state index in [0.29, 0.717) is 0 Å². The van der Waals surface area contributed by atoms with Crippen LogP contribution in [0.5, 0.6) is 0 Å². The minimum atomic E-state index is 1.21. The fourth-order valence-electron chi connectivity index (χ4n) is 0.447. The maximum Gasteiger partial charge on any atom is -0.00275 e. The summed E-state index contributed by atoms with van der Waals surface area (Å²) in [7, 11) is 4.17. The van der Waals surface area contributed by atoms with Crippen LogP contribution in [0.4, 0.5) is 0 Å². The zero-order valence-corrected chi connectivity index (χ0v) is 8.28. The van der Waals surface area contributed by atoms with Gasteiger partial charge in [0.2, 0.25) is 0 Å². The van der Waals surface area contributed by atoms with Crippen LogP contribution in [-0.2, 0) is 0 Å². The largest absolute Gasteiger partial charge is 0.309 e. The summed E-state index contributed by atoms with van der Waals surface area (Å²) in [5.74, 6) is 0. The van der Waals surface area contributed by atoms with Gasteiger partial charge in [0.1, 0.15) is 0 Å². The third-order valence-corrected chi connectivity index (χ3v) is 1.17. The number of unbranched alkanes of at least 4 members (excludes halogenated alkanes) is 1. The van der Waals surface area contributed by atoms with Crippen molar-refractivity contribution in [3.63, 3.8) is 0 Å². The highest BCUT2D eigenvalue weighted by atomic mass is 15.0. The van der Waals surface area contributed by atoms with Gasteiger partial charge < -0.3 is 4.90 Å². The Bertz CT molecular complexity index is 40.0. The molecule has 0 aliphatic heterocycles. The molecule has 0 fully saturated rings. The normalized spacial score (nSPS) is 9.00. The Kier molecular flexibility index (Phi) is 14.8. The van der Waals surface area contributed by atoms with E-state index in [1.54, 1.807) is 0 Å². The molecule has 0 bridgehead atoms. The van der Waals surface area contributed by atoms with Gasteiger partial charge >= 0.3 is 0 Å². The van der Waals surface area contributed by atoms with E-state index in [1.807, 2.05) is 0 Å². The van der Waals surface area contributed by atoms with Crippen LogP contribution >= 0.6 is 0 Å². The summed E-state index contributed by atoms with van der Waals surface area (Å²) < 4.78 is 0. The van der Waals surface area contributed by atoms with E-state index in [0.717, 1.165) is 0 Å². The lowest BCUT2D eigenvalue weighted by molar-refractivity contribution is 0.408. The molecule has 0 aromatic rings. The van der Waals surface area contributed by atoms with Crippen LogP contribution < -0.4 is 0 Å². The van der Waals surface area contributed by atoms with E-state index in [4.69, 9.17) is 0 Å². The van der Waals surface area contributed by atoms with Gasteiger partial charge in [-0.15, -0.1) is 0 Å². The molecule has 64 valence electrons. The Labute approximate surface area is 66.4 Å². The predicted octanol–water partition coefficient (Wildman–Crippen LogP) is 2.76. The Hall–Kier alpha value is -0.0400. The topological polar surface area (TPSA) is 3.24 Å². The lowest BCUT2D eigenvalue weighted by Gasteiger charge is -2.03. The Morgan fingerprint density at radius 3 is 1.20 bits per heavy atom. The Balaban J connectivity index is 0. The molecule has 0 aromatic heterocycles. The van der Waals surface area contributed by atoms with Crippen LogP contribution in [0.25, 0.3) is 0 Å². The summed E-state index contributed by atoms with van der Waals surface area (Å²) in [6.45, 7) is 7.75. The smallest absolute Gasteiger partial charge is 0.00275 e. The van der Waals surface area contributed by atoms with Crippen molar-refractivity contribution in [2.45, 2.75) is 40.0 Å². The first kappa shape index (κ1) is 12.6. The van der Waals surface area contributed by atoms with Gasteiger partial charge in [0, 0.05) is 0 Å². The standard InChI is InChI=1S/C5H13N.C4H10/c1-4-5-6(2)3;1-3-4-2/h4-5H2,1-3H3;3-4H2,1-2H3. The summed E-state index contributed by atoms with van der Waals surface area (Å²) in [5, 5.41) is 0. The van der Waals surface area contributed by atoms with E-state index in [9.17, 15) is 0 Å². The third kappa shape index (κ3) is 24.6. The van der Waals surface area contributed by atoms with Crippen LogP contribution in [0.1, 0.15) is 40.0 Å². The summed E-state index contributed by atoms with van der Waals surface area (Å²) in [4.78, 5) is 2.18. The molecule has 0 saturated carbocycles. The van der Waals surface area contributed by atoms with E-state index in [2.05, 4.69) is 39.8 Å². The van der Waals surface area contributed by atoms with Crippen molar-refractivity contribution in [1.82, 2.24) is 4.90 Å². The lowest BCUT2D eigenvalue weighted by Crippen LogP contribution is -2.11. The average Bonchev–Trinajstić information content (AvgIpc) is 1.89. The lowest BCUT2D eigenvalue weighted by atomic mass is 10.4. The number of hydrogen-bond acceptors (Lipinski definition) is 1. The minimum absolute atomic E-state index is 1.21. The Morgan fingerprint density at radius 1 is 0.800 bits per heavy atom. The quantitative estimate of drug-likeness (QED) is 0.590. The first-order valence-electron chi connectivity index (χ1n) is 4.33. The molecule has 10 heavy (non-hydrogen) atoms. The minimum Gasteiger partial charge on any atom is -0.309 e. The third-order valence-electron chi connectivity index (χ3n) is 1.17. The summed E-state index contributed by atoms with van der Waals surface area (Å²) >= 11 is 0. The fourth-order valence-corrected chi connectivity index (χ4v) is 0.447. The molecule has 0 radical (unpaired) electrons. The molecule has 1 nitrogen and oxygen atoms in total. The maximum absolute atomic E-state index is 2.18. The van der Waals surface area contributed by atoms with E-state index < -0.39 is 0 Å². The van der Waals surface area contributed by atoms with Gasteiger partial charge in [0.15, 0.2) is 0 Å². The second-order valence-electron chi connectivity index (χ2n) is 2.80. The highest BCUT2D eigenvalue weighted by molar-refractivity contribution is 4.34. The molecule has 0 atom stereocenters. The van der Waals surface area contributed by atoms with Crippen LogP contribution in [0.2, 0.25) is 0 Å².